The molecule has 0 aromatic rings. The Labute approximate surface area is 67.7 Å². The molecule has 0 aromatic carbocycles. The van der Waals surface area contributed by atoms with Gasteiger partial charge in [-0.2, -0.15) is 0 Å². The van der Waals surface area contributed by atoms with E-state index >= 15 is 0 Å². The molecular formula is C5H7ClO3S. The molecule has 0 aliphatic heterocycles. The molecule has 0 amide bonds. The van der Waals surface area contributed by atoms with Crippen molar-refractivity contribution in [2.75, 3.05) is 12.4 Å². The molecule has 3 nitrogen and oxygen atoms in total. The molecule has 0 unspecified atom stereocenters. The molecule has 0 rings (SSSR count). The predicted molar refractivity (Wildman–Crippen MR) is 41.1 cm³/mol. The summed E-state index contributed by atoms with van der Waals surface area (Å²) in [6.45, 7) is 0.0188. The van der Waals surface area contributed by atoms with Crippen LogP contribution in [-0.4, -0.2) is 28.5 Å². The number of aliphatic hydroxyl groups is 1. The number of halogens is 1. The number of hydrogen-bond acceptors (Lipinski definition) is 3. The molecule has 5 heteroatoms. The van der Waals surface area contributed by atoms with Crippen LogP contribution in [0.1, 0.15) is 0 Å². The topological polar surface area (TPSA) is 57.5 Å². The number of thioether (sulfide) groups is 1. The number of hydrogen-bond donors (Lipinski definition) is 2. The van der Waals surface area contributed by atoms with E-state index in [-0.39, 0.29) is 11.6 Å². The fourth-order valence-corrected chi connectivity index (χ4v) is 0.895. The first-order valence-corrected chi connectivity index (χ1v) is 3.92. The lowest BCUT2D eigenvalue weighted by Gasteiger charge is -1.89. The van der Waals surface area contributed by atoms with Crippen molar-refractivity contribution in [2.45, 2.75) is 0 Å². The number of aliphatic carboxylic acids is 1. The molecule has 0 saturated heterocycles. The third-order valence-electron chi connectivity index (χ3n) is 0.600. The minimum Gasteiger partial charge on any atom is -0.477 e. The van der Waals surface area contributed by atoms with Crippen LogP contribution in [0.3, 0.4) is 0 Å². The van der Waals surface area contributed by atoms with Crippen LogP contribution in [0.25, 0.3) is 0 Å². The van der Waals surface area contributed by atoms with Gasteiger partial charge in [0.25, 0.3) is 0 Å². The summed E-state index contributed by atoms with van der Waals surface area (Å²) in [4.78, 5) is 10.0. The number of carbonyl (C=O) groups is 1. The smallest absolute Gasteiger partial charge is 0.347 e. The van der Waals surface area contributed by atoms with Crippen LogP contribution in [0.15, 0.2) is 10.4 Å². The third kappa shape index (κ3) is 4.67. The number of rotatable bonds is 4. The van der Waals surface area contributed by atoms with Gasteiger partial charge in [0, 0.05) is 5.75 Å². The second-order valence-electron chi connectivity index (χ2n) is 1.37. The Hall–Kier alpha value is -0.190. The maximum atomic E-state index is 10.0. The van der Waals surface area contributed by atoms with E-state index < -0.39 is 5.97 Å². The number of aliphatic hydroxyl groups excluding tert-OH is 1. The SMILES string of the molecule is O=C(O)/C(Cl)=C/SCCO. The summed E-state index contributed by atoms with van der Waals surface area (Å²) in [5, 5.41) is 17.6. The first-order chi connectivity index (χ1) is 4.68. The van der Waals surface area contributed by atoms with Gasteiger partial charge < -0.3 is 10.2 Å². The summed E-state index contributed by atoms with van der Waals surface area (Å²) in [6.07, 6.45) is 0. The van der Waals surface area contributed by atoms with Crippen LogP contribution in [0, 0.1) is 0 Å². The van der Waals surface area contributed by atoms with Gasteiger partial charge in [0.1, 0.15) is 5.03 Å². The molecule has 0 heterocycles. The summed E-state index contributed by atoms with van der Waals surface area (Å²) >= 11 is 6.38. The van der Waals surface area contributed by atoms with Gasteiger partial charge in [0.05, 0.1) is 6.61 Å². The quantitative estimate of drug-likeness (QED) is 0.501. The zero-order chi connectivity index (χ0) is 7.98. The summed E-state index contributed by atoms with van der Waals surface area (Å²) in [5.41, 5.74) is 0. The van der Waals surface area contributed by atoms with E-state index in [2.05, 4.69) is 0 Å². The fourth-order valence-electron chi connectivity index (χ4n) is 0.235. The average molecular weight is 183 g/mol. The number of carboxylic acids is 1. The highest BCUT2D eigenvalue weighted by molar-refractivity contribution is 8.02. The van der Waals surface area contributed by atoms with Gasteiger partial charge in [-0.3, -0.25) is 0 Å². The maximum Gasteiger partial charge on any atom is 0.347 e. The zero-order valence-corrected chi connectivity index (χ0v) is 6.65. The predicted octanol–water partition coefficient (Wildman–Crippen LogP) is 0.877. The largest absolute Gasteiger partial charge is 0.477 e. The van der Waals surface area contributed by atoms with Crippen molar-refractivity contribution >= 4 is 29.3 Å². The van der Waals surface area contributed by atoms with Gasteiger partial charge in [0.2, 0.25) is 0 Å². The monoisotopic (exact) mass is 182 g/mol. The lowest BCUT2D eigenvalue weighted by atomic mass is 10.7. The van der Waals surface area contributed by atoms with Crippen molar-refractivity contribution in [3.8, 4) is 0 Å². The van der Waals surface area contributed by atoms with Crippen LogP contribution < -0.4 is 0 Å². The van der Waals surface area contributed by atoms with Gasteiger partial charge in [-0.25, -0.2) is 4.79 Å². The fraction of sp³-hybridized carbons (Fsp3) is 0.400. The summed E-state index contributed by atoms with van der Waals surface area (Å²) in [6, 6.07) is 0. The van der Waals surface area contributed by atoms with Crippen molar-refractivity contribution in [1.29, 1.82) is 0 Å². The van der Waals surface area contributed by atoms with Crippen LogP contribution in [0.4, 0.5) is 0 Å². The Balaban J connectivity index is 3.58. The van der Waals surface area contributed by atoms with E-state index in [4.69, 9.17) is 21.8 Å². The van der Waals surface area contributed by atoms with Crippen LogP contribution in [0.5, 0.6) is 0 Å². The molecular weight excluding hydrogens is 176 g/mol. The lowest BCUT2D eigenvalue weighted by Crippen LogP contribution is -1.92. The molecule has 0 bridgehead atoms. The Kier molecular flexibility index (Phi) is 5.48. The molecule has 0 saturated carbocycles. The van der Waals surface area contributed by atoms with E-state index in [0.717, 1.165) is 11.8 Å². The molecule has 0 aliphatic carbocycles. The molecule has 0 atom stereocenters. The van der Waals surface area contributed by atoms with Gasteiger partial charge in [-0.05, 0) is 5.41 Å². The molecule has 0 radical (unpaired) electrons. The highest BCUT2D eigenvalue weighted by Crippen LogP contribution is 2.09. The van der Waals surface area contributed by atoms with E-state index in [1.165, 1.54) is 5.41 Å². The second kappa shape index (κ2) is 5.58. The van der Waals surface area contributed by atoms with E-state index in [0.29, 0.717) is 5.75 Å². The highest BCUT2D eigenvalue weighted by Gasteiger charge is 2.00. The van der Waals surface area contributed by atoms with E-state index in [1.54, 1.807) is 0 Å². The highest BCUT2D eigenvalue weighted by atomic mass is 35.5. The Morgan fingerprint density at radius 1 is 1.70 bits per heavy atom. The van der Waals surface area contributed by atoms with Crippen LogP contribution >= 0.6 is 23.4 Å². The van der Waals surface area contributed by atoms with Crippen molar-refractivity contribution in [3.05, 3.63) is 10.4 Å². The van der Waals surface area contributed by atoms with Crippen molar-refractivity contribution < 1.29 is 15.0 Å². The Bertz CT molecular complexity index is 146. The average Bonchev–Trinajstić information content (AvgIpc) is 1.88. The van der Waals surface area contributed by atoms with Gasteiger partial charge in [-0.15, -0.1) is 11.8 Å². The molecule has 0 aromatic heterocycles. The molecule has 0 fully saturated rings. The summed E-state index contributed by atoms with van der Waals surface area (Å²) in [7, 11) is 0. The Morgan fingerprint density at radius 2 is 2.30 bits per heavy atom. The first kappa shape index (κ1) is 9.81. The second-order valence-corrected chi connectivity index (χ2v) is 2.75. The standard InChI is InChI=1S/C5H7ClO3S/c6-4(5(8)9)3-10-2-1-7/h3,7H,1-2H2,(H,8,9)/b4-3-. The van der Waals surface area contributed by atoms with E-state index in [1.807, 2.05) is 0 Å². The normalized spacial score (nSPS) is 11.6. The maximum absolute atomic E-state index is 10.0. The molecule has 0 aliphatic rings. The van der Waals surface area contributed by atoms with Crippen molar-refractivity contribution in [1.82, 2.24) is 0 Å². The molecule has 10 heavy (non-hydrogen) atoms. The zero-order valence-electron chi connectivity index (χ0n) is 5.08. The van der Waals surface area contributed by atoms with Gasteiger partial charge in [-0.1, -0.05) is 11.6 Å². The summed E-state index contributed by atoms with van der Waals surface area (Å²) < 4.78 is 0. The minimum absolute atomic E-state index is 0.0188. The van der Waals surface area contributed by atoms with Crippen LogP contribution in [-0.2, 0) is 4.79 Å². The molecule has 0 spiro atoms. The van der Waals surface area contributed by atoms with Crippen molar-refractivity contribution in [2.24, 2.45) is 0 Å². The molecule has 2 N–H and O–H groups in total. The lowest BCUT2D eigenvalue weighted by molar-refractivity contribution is -0.131. The number of carboxylic acid groups (broad SMARTS) is 1. The van der Waals surface area contributed by atoms with Crippen LogP contribution in [0.2, 0.25) is 0 Å². The first-order valence-electron chi connectivity index (χ1n) is 2.50. The Morgan fingerprint density at radius 3 is 2.70 bits per heavy atom. The van der Waals surface area contributed by atoms with E-state index in [9.17, 15) is 4.79 Å². The third-order valence-corrected chi connectivity index (χ3v) is 1.82. The summed E-state index contributed by atoms with van der Waals surface area (Å²) in [5.74, 6) is -0.684. The van der Waals surface area contributed by atoms with Gasteiger partial charge >= 0.3 is 5.97 Å². The van der Waals surface area contributed by atoms with Gasteiger partial charge in [0.15, 0.2) is 0 Å². The van der Waals surface area contributed by atoms with Crippen molar-refractivity contribution in [3.63, 3.8) is 0 Å². The molecule has 58 valence electrons. The minimum atomic E-state index is -1.15.